The van der Waals surface area contributed by atoms with E-state index in [2.05, 4.69) is 9.46 Å². The van der Waals surface area contributed by atoms with E-state index in [-0.39, 0.29) is 28.2 Å². The first-order valence-electron chi connectivity index (χ1n) is 9.88. The molecule has 10 heteroatoms. The summed E-state index contributed by atoms with van der Waals surface area (Å²) in [4.78, 5) is 26.8. The molecule has 1 atom stereocenters. The Labute approximate surface area is 179 Å². The zero-order chi connectivity index (χ0) is 22.3. The lowest BCUT2D eigenvalue weighted by Gasteiger charge is -2.31. The van der Waals surface area contributed by atoms with Gasteiger partial charge in [0.2, 0.25) is 0 Å². The number of fused-ring (bicyclic) bond motifs is 1. The number of aryl methyl sites for hydroxylation is 2. The van der Waals surface area contributed by atoms with Crippen LogP contribution < -0.4 is 0 Å². The van der Waals surface area contributed by atoms with Crippen LogP contribution in [0.15, 0.2) is 39.2 Å². The van der Waals surface area contributed by atoms with Gasteiger partial charge in [-0.05, 0) is 43.5 Å². The second-order valence-corrected chi connectivity index (χ2v) is 10.4. The fourth-order valence-corrected chi connectivity index (χ4v) is 5.51. The Morgan fingerprint density at radius 2 is 1.97 bits per heavy atom. The average molecular weight is 447 g/mol. The van der Waals surface area contributed by atoms with Gasteiger partial charge in [-0.3, -0.25) is 14.3 Å². The molecule has 0 aliphatic carbocycles. The van der Waals surface area contributed by atoms with Crippen molar-refractivity contribution in [2.45, 2.75) is 25.0 Å². The van der Waals surface area contributed by atoms with Gasteiger partial charge in [0, 0.05) is 43.2 Å². The average Bonchev–Trinajstić information content (AvgIpc) is 3.37. The topological polar surface area (TPSA) is 97.8 Å². The second-order valence-electron chi connectivity index (χ2n) is 7.81. The summed E-state index contributed by atoms with van der Waals surface area (Å²) in [6.45, 7) is 2.52. The van der Waals surface area contributed by atoms with Crippen molar-refractivity contribution in [2.24, 2.45) is 11.4 Å². The largest absolute Gasteiger partial charge is 0.448 e. The molecule has 1 aliphatic rings. The highest BCUT2D eigenvalue weighted by Gasteiger charge is 2.30. The molecule has 0 spiro atoms. The van der Waals surface area contributed by atoms with E-state index in [1.807, 2.05) is 6.92 Å². The number of hydrogen-bond acceptors (Lipinski definition) is 5. The van der Waals surface area contributed by atoms with Gasteiger partial charge in [0.1, 0.15) is 5.69 Å². The standard InChI is InChI=1S/C21H23FN4O4S/c1-13-4-5-16(22)19-15(13)12-18(30-19)21(28)26-10-7-14(8-11-26)31(3,29)24-20(27)17-6-9-23-25(17)2/h4-6,9,12,14H,7-8,10-11H2,1-3H3. The maximum atomic E-state index is 14.0. The summed E-state index contributed by atoms with van der Waals surface area (Å²) < 4.78 is 38.0. The van der Waals surface area contributed by atoms with Gasteiger partial charge in [-0.15, -0.1) is 0 Å². The summed E-state index contributed by atoms with van der Waals surface area (Å²) in [5, 5.41) is 4.19. The SMILES string of the molecule is Cc1ccc(F)c2oc(C(=O)N3CCC(S(C)(=O)=NC(=O)c4ccnn4C)CC3)cc12. The summed E-state index contributed by atoms with van der Waals surface area (Å²) in [7, 11) is -1.18. The van der Waals surface area contributed by atoms with E-state index < -0.39 is 21.5 Å². The van der Waals surface area contributed by atoms with E-state index in [0.717, 1.165) is 5.56 Å². The number of rotatable bonds is 3. The molecule has 2 aromatic heterocycles. The van der Waals surface area contributed by atoms with Gasteiger partial charge in [0.05, 0.1) is 9.73 Å². The first-order chi connectivity index (χ1) is 14.7. The Bertz CT molecular complexity index is 1250. The monoisotopic (exact) mass is 446 g/mol. The molecule has 0 radical (unpaired) electrons. The van der Waals surface area contributed by atoms with Crippen molar-refractivity contribution in [3.8, 4) is 0 Å². The van der Waals surface area contributed by atoms with Crippen molar-refractivity contribution in [1.29, 1.82) is 0 Å². The summed E-state index contributed by atoms with van der Waals surface area (Å²) in [6.07, 6.45) is 3.84. The number of furan rings is 1. The quantitative estimate of drug-likeness (QED) is 0.616. The maximum Gasteiger partial charge on any atom is 0.303 e. The fraction of sp³-hybridized carbons (Fsp3) is 0.381. The normalized spacial score (nSPS) is 17.0. The van der Waals surface area contributed by atoms with Gasteiger partial charge in [0.25, 0.3) is 5.91 Å². The minimum Gasteiger partial charge on any atom is -0.448 e. The van der Waals surface area contributed by atoms with Gasteiger partial charge in [0.15, 0.2) is 17.2 Å². The molecular weight excluding hydrogens is 423 g/mol. The Morgan fingerprint density at radius 3 is 2.58 bits per heavy atom. The number of nitrogens with zero attached hydrogens (tertiary/aromatic N) is 4. The molecular formula is C21H23FN4O4S. The smallest absolute Gasteiger partial charge is 0.303 e. The minimum atomic E-state index is -2.80. The van der Waals surface area contributed by atoms with Crippen LogP contribution in [0.1, 0.15) is 39.4 Å². The van der Waals surface area contributed by atoms with Crippen molar-refractivity contribution in [1.82, 2.24) is 14.7 Å². The van der Waals surface area contributed by atoms with Crippen molar-refractivity contribution in [3.05, 3.63) is 53.3 Å². The lowest BCUT2D eigenvalue weighted by atomic mass is 10.1. The lowest BCUT2D eigenvalue weighted by Crippen LogP contribution is -2.42. The van der Waals surface area contributed by atoms with Gasteiger partial charge in [-0.25, -0.2) is 8.60 Å². The number of piperidine rings is 1. The van der Waals surface area contributed by atoms with E-state index in [0.29, 0.717) is 31.3 Å². The Balaban J connectivity index is 1.47. The highest BCUT2D eigenvalue weighted by molar-refractivity contribution is 7.93. The molecule has 1 saturated heterocycles. The van der Waals surface area contributed by atoms with Gasteiger partial charge in [-0.2, -0.15) is 9.46 Å². The summed E-state index contributed by atoms with van der Waals surface area (Å²) in [5.74, 6) is -1.33. The fourth-order valence-electron chi connectivity index (χ4n) is 3.85. The predicted octanol–water partition coefficient (Wildman–Crippen LogP) is 3.16. The summed E-state index contributed by atoms with van der Waals surface area (Å²) in [5.41, 5.74) is 1.17. The van der Waals surface area contributed by atoms with E-state index in [4.69, 9.17) is 4.42 Å². The van der Waals surface area contributed by atoms with E-state index in [1.54, 1.807) is 24.1 Å². The van der Waals surface area contributed by atoms with Crippen LogP contribution in [-0.2, 0) is 16.8 Å². The van der Waals surface area contributed by atoms with Crippen molar-refractivity contribution in [2.75, 3.05) is 19.3 Å². The number of likely N-dealkylation sites (tertiary alicyclic amines) is 1. The van der Waals surface area contributed by atoms with Gasteiger partial charge < -0.3 is 9.32 Å². The molecule has 0 saturated carbocycles. The third-order valence-electron chi connectivity index (χ3n) is 5.72. The molecule has 31 heavy (non-hydrogen) atoms. The molecule has 3 aromatic rings. The molecule has 1 aliphatic heterocycles. The van der Waals surface area contributed by atoms with Crippen LogP contribution in [0.25, 0.3) is 11.0 Å². The number of aromatic nitrogens is 2. The van der Waals surface area contributed by atoms with Crippen molar-refractivity contribution >= 4 is 32.5 Å². The number of hydrogen-bond donors (Lipinski definition) is 0. The second kappa shape index (κ2) is 7.92. The molecule has 0 N–H and O–H groups in total. The zero-order valence-corrected chi connectivity index (χ0v) is 18.3. The van der Waals surface area contributed by atoms with Gasteiger partial charge >= 0.3 is 5.91 Å². The molecule has 1 fully saturated rings. The number of halogens is 1. The molecule has 8 nitrogen and oxygen atoms in total. The molecule has 164 valence electrons. The highest BCUT2D eigenvalue weighted by atomic mass is 32.2. The highest BCUT2D eigenvalue weighted by Crippen LogP contribution is 2.27. The Morgan fingerprint density at radius 1 is 1.26 bits per heavy atom. The third-order valence-corrected chi connectivity index (χ3v) is 7.95. The van der Waals surface area contributed by atoms with Crippen molar-refractivity contribution in [3.63, 3.8) is 0 Å². The minimum absolute atomic E-state index is 0.0716. The number of benzene rings is 1. The van der Waals surface area contributed by atoms with Crippen LogP contribution in [0.2, 0.25) is 0 Å². The maximum absolute atomic E-state index is 14.0. The molecule has 2 amide bonds. The molecule has 4 rings (SSSR count). The van der Waals surface area contributed by atoms with Crippen molar-refractivity contribution < 1.29 is 22.6 Å². The Hall–Kier alpha value is -3.01. The third kappa shape index (κ3) is 3.99. The number of carbonyl (C=O) groups is 2. The van der Waals surface area contributed by atoms with Crippen LogP contribution >= 0.6 is 0 Å². The number of carbonyl (C=O) groups excluding carboxylic acids is 2. The zero-order valence-electron chi connectivity index (χ0n) is 17.5. The van der Waals surface area contributed by atoms with E-state index in [1.165, 1.54) is 29.3 Å². The van der Waals surface area contributed by atoms with E-state index >= 15 is 0 Å². The molecule has 0 bridgehead atoms. The summed E-state index contributed by atoms with van der Waals surface area (Å²) in [6, 6.07) is 6.05. The van der Waals surface area contributed by atoms with Crippen LogP contribution in [0.4, 0.5) is 4.39 Å². The van der Waals surface area contributed by atoms with Crippen LogP contribution in [0, 0.1) is 12.7 Å². The first kappa shape index (κ1) is 21.2. The molecule has 3 heterocycles. The van der Waals surface area contributed by atoms with Crippen LogP contribution in [0.3, 0.4) is 0 Å². The number of amides is 2. The molecule has 1 aromatic carbocycles. The Kier molecular flexibility index (Phi) is 5.42. The van der Waals surface area contributed by atoms with Gasteiger partial charge in [-0.1, -0.05) is 6.07 Å². The van der Waals surface area contributed by atoms with Crippen LogP contribution in [-0.4, -0.2) is 55.3 Å². The summed E-state index contributed by atoms with van der Waals surface area (Å²) >= 11 is 0. The first-order valence-corrected chi connectivity index (χ1v) is 11.9. The molecule has 1 unspecified atom stereocenters. The lowest BCUT2D eigenvalue weighted by molar-refractivity contribution is 0.0696. The predicted molar refractivity (Wildman–Crippen MR) is 114 cm³/mol. The van der Waals surface area contributed by atoms with Crippen LogP contribution in [0.5, 0.6) is 0 Å². The van der Waals surface area contributed by atoms with E-state index in [9.17, 15) is 18.2 Å².